The number of benzene rings is 2. The fraction of sp³-hybridized carbons (Fsp3) is 0.333. The molecule has 0 spiro atoms. The highest BCUT2D eigenvalue weighted by atomic mass is 32.1. The molecule has 1 heterocycles. The quantitative estimate of drug-likeness (QED) is 0.404. The molecule has 1 aliphatic carbocycles. The van der Waals surface area contributed by atoms with Gasteiger partial charge >= 0.3 is 0 Å². The van der Waals surface area contributed by atoms with Crippen molar-refractivity contribution < 1.29 is 18.8 Å². The SMILES string of the molecule is CCc1ccccc1N(C(=O)c1snc(C(N)=O)c1N)[C@@H](C(=O)NC1CCCCC1)c1ccc(F)cc1. The van der Waals surface area contributed by atoms with Crippen LogP contribution in [0.25, 0.3) is 0 Å². The summed E-state index contributed by atoms with van der Waals surface area (Å²) in [6.07, 6.45) is 5.44. The van der Waals surface area contributed by atoms with Crippen LogP contribution in [0.3, 0.4) is 0 Å². The standard InChI is InChI=1S/C27H30FN5O3S/c1-2-16-8-6-7-11-20(16)33(27(36)24-21(29)22(25(30)34)32-37-24)23(17-12-14-18(28)15-13-17)26(35)31-19-9-4-3-5-10-19/h6-8,11-15,19,23H,2-5,9-10,29H2,1H3,(H2,30,34)(H,31,35)/t23-/m1/s1. The van der Waals surface area contributed by atoms with Crippen molar-refractivity contribution in [3.05, 3.63) is 76.0 Å². The lowest BCUT2D eigenvalue weighted by atomic mass is 9.94. The van der Waals surface area contributed by atoms with Crippen molar-refractivity contribution in [2.75, 3.05) is 10.6 Å². The van der Waals surface area contributed by atoms with Crippen LogP contribution in [0.4, 0.5) is 15.8 Å². The Morgan fingerprint density at radius 2 is 1.78 bits per heavy atom. The molecule has 0 radical (unpaired) electrons. The van der Waals surface area contributed by atoms with Gasteiger partial charge in [0.1, 0.15) is 16.7 Å². The van der Waals surface area contributed by atoms with Crippen LogP contribution < -0.4 is 21.7 Å². The number of aryl methyl sites for hydroxylation is 1. The van der Waals surface area contributed by atoms with Crippen molar-refractivity contribution in [2.24, 2.45) is 5.73 Å². The minimum Gasteiger partial charge on any atom is -0.395 e. The van der Waals surface area contributed by atoms with Crippen molar-refractivity contribution in [3.63, 3.8) is 0 Å². The lowest BCUT2D eigenvalue weighted by Crippen LogP contribution is -2.47. The summed E-state index contributed by atoms with van der Waals surface area (Å²) in [4.78, 5) is 41.2. The maximum absolute atomic E-state index is 14.2. The van der Waals surface area contributed by atoms with Crippen molar-refractivity contribution in [1.29, 1.82) is 0 Å². The largest absolute Gasteiger partial charge is 0.395 e. The first kappa shape index (κ1) is 26.3. The molecule has 0 unspecified atom stereocenters. The molecule has 0 aliphatic heterocycles. The summed E-state index contributed by atoms with van der Waals surface area (Å²) in [6, 6.07) is 11.6. The third-order valence-corrected chi connectivity index (χ3v) is 7.50. The van der Waals surface area contributed by atoms with Gasteiger partial charge in [0.25, 0.3) is 11.8 Å². The van der Waals surface area contributed by atoms with E-state index in [0.717, 1.165) is 49.2 Å². The maximum Gasteiger partial charge on any atom is 0.273 e. The molecule has 8 nitrogen and oxygen atoms in total. The highest BCUT2D eigenvalue weighted by Gasteiger charge is 2.37. The molecule has 10 heteroatoms. The third kappa shape index (κ3) is 5.64. The van der Waals surface area contributed by atoms with E-state index in [1.807, 2.05) is 19.1 Å². The van der Waals surface area contributed by atoms with Gasteiger partial charge in [0.15, 0.2) is 5.69 Å². The number of hydrogen-bond acceptors (Lipinski definition) is 6. The number of nitrogens with one attached hydrogen (secondary N) is 1. The number of para-hydroxylation sites is 1. The Balaban J connectivity index is 1.87. The van der Waals surface area contributed by atoms with E-state index < -0.39 is 23.7 Å². The zero-order valence-electron chi connectivity index (χ0n) is 20.6. The van der Waals surface area contributed by atoms with Gasteiger partial charge in [0.05, 0.1) is 5.69 Å². The molecule has 1 saturated carbocycles. The summed E-state index contributed by atoms with van der Waals surface area (Å²) >= 11 is 0.753. The Kier molecular flexibility index (Phi) is 8.17. The Morgan fingerprint density at radius 3 is 2.41 bits per heavy atom. The second-order valence-corrected chi connectivity index (χ2v) is 9.87. The third-order valence-electron chi connectivity index (χ3n) is 6.65. The molecule has 37 heavy (non-hydrogen) atoms. The number of carbonyl (C=O) groups excluding carboxylic acids is 3. The van der Waals surface area contributed by atoms with E-state index in [9.17, 15) is 18.8 Å². The normalized spacial score (nSPS) is 14.6. The fourth-order valence-electron chi connectivity index (χ4n) is 4.74. The first-order valence-electron chi connectivity index (χ1n) is 12.3. The van der Waals surface area contributed by atoms with Crippen molar-refractivity contribution in [3.8, 4) is 0 Å². The smallest absolute Gasteiger partial charge is 0.273 e. The van der Waals surface area contributed by atoms with Crippen molar-refractivity contribution >= 4 is 40.6 Å². The number of nitrogen functional groups attached to an aromatic ring is 1. The highest BCUT2D eigenvalue weighted by Crippen LogP contribution is 2.35. The minimum atomic E-state index is -1.12. The van der Waals surface area contributed by atoms with Crippen LogP contribution >= 0.6 is 11.5 Å². The number of amides is 3. The molecule has 0 saturated heterocycles. The van der Waals surface area contributed by atoms with Crippen LogP contribution in [-0.4, -0.2) is 28.1 Å². The molecule has 1 atom stereocenters. The van der Waals surface area contributed by atoms with Gasteiger partial charge in [-0.1, -0.05) is 56.5 Å². The lowest BCUT2D eigenvalue weighted by molar-refractivity contribution is -0.123. The molecule has 2 aromatic carbocycles. The van der Waals surface area contributed by atoms with Gasteiger partial charge in [-0.3, -0.25) is 19.3 Å². The predicted octanol–water partition coefficient (Wildman–Crippen LogP) is 4.36. The highest BCUT2D eigenvalue weighted by molar-refractivity contribution is 7.09. The molecule has 194 valence electrons. The molecule has 1 aromatic heterocycles. The molecule has 1 fully saturated rings. The molecular weight excluding hydrogens is 493 g/mol. The first-order valence-corrected chi connectivity index (χ1v) is 13.1. The minimum absolute atomic E-state index is 0.00251. The Hall–Kier alpha value is -3.79. The van der Waals surface area contributed by atoms with Crippen LogP contribution in [0.15, 0.2) is 48.5 Å². The summed E-state index contributed by atoms with van der Waals surface area (Å²) in [5, 5.41) is 3.12. The van der Waals surface area contributed by atoms with E-state index >= 15 is 0 Å². The van der Waals surface area contributed by atoms with Gasteiger partial charge < -0.3 is 16.8 Å². The van der Waals surface area contributed by atoms with Gasteiger partial charge in [-0.2, -0.15) is 4.37 Å². The number of primary amides is 1. The van der Waals surface area contributed by atoms with Crippen LogP contribution in [0.2, 0.25) is 0 Å². The number of halogens is 1. The molecule has 5 N–H and O–H groups in total. The fourth-order valence-corrected chi connectivity index (χ4v) is 5.48. The second kappa shape index (κ2) is 11.5. The van der Waals surface area contributed by atoms with Crippen LogP contribution in [0.1, 0.15) is 76.4 Å². The van der Waals surface area contributed by atoms with Crippen molar-refractivity contribution in [2.45, 2.75) is 57.5 Å². The maximum atomic E-state index is 14.2. The molecule has 3 amide bonds. The molecule has 0 bridgehead atoms. The van der Waals surface area contributed by atoms with Gasteiger partial charge in [-0.05, 0) is 60.1 Å². The summed E-state index contributed by atoms with van der Waals surface area (Å²) < 4.78 is 17.9. The van der Waals surface area contributed by atoms with Crippen LogP contribution in [0.5, 0.6) is 0 Å². The molecule has 1 aliphatic rings. The summed E-state index contributed by atoms with van der Waals surface area (Å²) in [6.45, 7) is 1.95. The van der Waals surface area contributed by atoms with E-state index in [1.165, 1.54) is 29.2 Å². The monoisotopic (exact) mass is 523 g/mol. The van der Waals surface area contributed by atoms with E-state index in [4.69, 9.17) is 11.5 Å². The van der Waals surface area contributed by atoms with Gasteiger partial charge in [0.2, 0.25) is 5.91 Å². The summed E-state index contributed by atoms with van der Waals surface area (Å²) in [5.41, 5.74) is 13.0. The average Bonchev–Trinajstić information content (AvgIpc) is 3.29. The zero-order valence-corrected chi connectivity index (χ0v) is 21.4. The topological polar surface area (TPSA) is 131 Å². The number of rotatable bonds is 8. The zero-order chi connectivity index (χ0) is 26.5. The molecule has 4 rings (SSSR count). The van der Waals surface area contributed by atoms with E-state index in [1.54, 1.807) is 12.1 Å². The predicted molar refractivity (Wildman–Crippen MR) is 142 cm³/mol. The summed E-state index contributed by atoms with van der Waals surface area (Å²) in [5.74, 6) is -2.29. The van der Waals surface area contributed by atoms with Gasteiger partial charge in [0, 0.05) is 11.7 Å². The molecular formula is C27H30FN5O3S. The van der Waals surface area contributed by atoms with E-state index in [0.29, 0.717) is 17.7 Å². The lowest BCUT2D eigenvalue weighted by Gasteiger charge is -2.34. The summed E-state index contributed by atoms with van der Waals surface area (Å²) in [7, 11) is 0. The average molecular weight is 524 g/mol. The first-order chi connectivity index (χ1) is 17.8. The Bertz CT molecular complexity index is 1290. The number of hydrogen-bond donors (Lipinski definition) is 3. The van der Waals surface area contributed by atoms with E-state index in [-0.39, 0.29) is 28.2 Å². The number of anilines is 2. The number of carbonyl (C=O) groups is 3. The van der Waals surface area contributed by atoms with Crippen LogP contribution in [0, 0.1) is 5.82 Å². The van der Waals surface area contributed by atoms with Gasteiger partial charge in [-0.15, -0.1) is 0 Å². The Morgan fingerprint density at radius 1 is 1.11 bits per heavy atom. The Labute approximate surface area is 219 Å². The number of nitrogens with two attached hydrogens (primary N) is 2. The molecule has 3 aromatic rings. The van der Waals surface area contributed by atoms with Gasteiger partial charge in [-0.25, -0.2) is 4.39 Å². The second-order valence-electron chi connectivity index (χ2n) is 9.09. The van der Waals surface area contributed by atoms with Crippen LogP contribution in [-0.2, 0) is 11.2 Å². The van der Waals surface area contributed by atoms with Crippen molar-refractivity contribution in [1.82, 2.24) is 9.69 Å². The number of aromatic nitrogens is 1. The number of nitrogens with zero attached hydrogens (tertiary/aromatic N) is 2. The van der Waals surface area contributed by atoms with E-state index in [2.05, 4.69) is 9.69 Å².